The average molecular weight is 390 g/mol. The molecule has 2 aromatic rings. The number of ether oxygens (including phenoxy) is 2. The summed E-state index contributed by atoms with van der Waals surface area (Å²) in [6, 6.07) is 13.4. The molecule has 0 aliphatic carbocycles. The number of aryl methyl sites for hydroxylation is 1. The molecule has 5 nitrogen and oxygen atoms in total. The van der Waals surface area contributed by atoms with Crippen molar-refractivity contribution in [3.63, 3.8) is 0 Å². The number of carbonyl (C=O) groups is 1. The van der Waals surface area contributed by atoms with Gasteiger partial charge in [-0.3, -0.25) is 9.69 Å². The quantitative estimate of drug-likeness (QED) is 0.582. The fraction of sp³-hybridized carbons (Fsp3) is 0.182. The van der Waals surface area contributed by atoms with Crippen molar-refractivity contribution < 1.29 is 14.3 Å². The summed E-state index contributed by atoms with van der Waals surface area (Å²) in [5, 5.41) is 0.628. The Balaban J connectivity index is 1.68. The van der Waals surface area contributed by atoms with Crippen molar-refractivity contribution >= 4 is 34.6 Å². The number of nitrogens with zero attached hydrogens (tertiary/aromatic N) is 2. The van der Waals surface area contributed by atoms with E-state index in [1.165, 1.54) is 11.8 Å². The van der Waals surface area contributed by atoms with Crippen molar-refractivity contribution in [2.45, 2.75) is 13.8 Å². The molecule has 1 amide bonds. The molecule has 0 N–H and O–H groups in total. The molecule has 6 heteroatoms. The zero-order chi connectivity index (χ0) is 19.5. The molecular formula is C22H18N2O3S. The van der Waals surface area contributed by atoms with Gasteiger partial charge in [0.15, 0.2) is 16.7 Å². The number of anilines is 1. The highest BCUT2D eigenvalue weighted by atomic mass is 32.2. The first-order valence-corrected chi connectivity index (χ1v) is 9.78. The molecule has 28 heavy (non-hydrogen) atoms. The van der Waals surface area contributed by atoms with Gasteiger partial charge in [-0.1, -0.05) is 41.4 Å². The molecule has 2 heterocycles. The van der Waals surface area contributed by atoms with Gasteiger partial charge in [0.2, 0.25) is 6.79 Å². The normalized spacial score (nSPS) is 16.2. The van der Waals surface area contributed by atoms with Crippen molar-refractivity contribution in [1.29, 1.82) is 0 Å². The second kappa shape index (κ2) is 7.83. The number of aliphatic imine (C=N–C) groups is 1. The molecule has 0 saturated carbocycles. The van der Waals surface area contributed by atoms with Crippen LogP contribution in [0.3, 0.4) is 0 Å². The Morgan fingerprint density at radius 3 is 2.75 bits per heavy atom. The number of thioether (sulfide) groups is 1. The monoisotopic (exact) mass is 390 g/mol. The summed E-state index contributed by atoms with van der Waals surface area (Å²) >= 11 is 1.45. The molecule has 0 unspecified atom stereocenters. The third-order valence-corrected chi connectivity index (χ3v) is 5.09. The molecular weight excluding hydrogens is 372 g/mol. The maximum Gasteiger partial charge on any atom is 0.283 e. The van der Waals surface area contributed by atoms with Crippen LogP contribution in [0.2, 0.25) is 0 Å². The van der Waals surface area contributed by atoms with Crippen molar-refractivity contribution in [3.05, 3.63) is 59.3 Å². The smallest absolute Gasteiger partial charge is 0.283 e. The number of rotatable bonds is 3. The van der Waals surface area contributed by atoms with E-state index < -0.39 is 0 Å². The third-order valence-electron chi connectivity index (χ3n) is 4.27. The molecule has 0 saturated heterocycles. The van der Waals surface area contributed by atoms with Gasteiger partial charge in [0.05, 0.1) is 11.4 Å². The average Bonchev–Trinajstić information content (AvgIpc) is 3.28. The molecule has 2 aliphatic heterocycles. The highest BCUT2D eigenvalue weighted by molar-refractivity contribution is 8.14. The number of hydrogen-bond donors (Lipinski definition) is 0. The van der Waals surface area contributed by atoms with E-state index in [1.54, 1.807) is 17.9 Å². The van der Waals surface area contributed by atoms with Gasteiger partial charge in [-0.05, 0) is 49.8 Å². The maximum absolute atomic E-state index is 13.1. The summed E-state index contributed by atoms with van der Waals surface area (Å²) in [6.07, 6.45) is 1.77. The van der Waals surface area contributed by atoms with E-state index in [0.29, 0.717) is 28.1 Å². The van der Waals surface area contributed by atoms with Crippen molar-refractivity contribution in [3.8, 4) is 23.3 Å². The topological polar surface area (TPSA) is 51.1 Å². The van der Waals surface area contributed by atoms with Gasteiger partial charge in [0.25, 0.3) is 5.91 Å². The Bertz CT molecular complexity index is 1050. The predicted octanol–water partition coefficient (Wildman–Crippen LogP) is 4.22. The zero-order valence-corrected chi connectivity index (χ0v) is 16.4. The lowest BCUT2D eigenvalue weighted by molar-refractivity contribution is -0.113. The van der Waals surface area contributed by atoms with Gasteiger partial charge in [-0.25, -0.2) is 4.99 Å². The molecule has 0 fully saturated rings. The minimum absolute atomic E-state index is 0.159. The Morgan fingerprint density at radius 2 is 1.96 bits per heavy atom. The largest absolute Gasteiger partial charge is 0.454 e. The molecule has 0 spiro atoms. The molecule has 140 valence electrons. The van der Waals surface area contributed by atoms with Gasteiger partial charge >= 0.3 is 0 Å². The Morgan fingerprint density at radius 1 is 1.18 bits per heavy atom. The first-order valence-electron chi connectivity index (χ1n) is 8.79. The van der Waals surface area contributed by atoms with Crippen molar-refractivity contribution in [1.82, 2.24) is 0 Å². The second-order valence-electron chi connectivity index (χ2n) is 6.23. The zero-order valence-electron chi connectivity index (χ0n) is 15.6. The highest BCUT2D eigenvalue weighted by Crippen LogP contribution is 2.34. The van der Waals surface area contributed by atoms with Crippen LogP contribution >= 0.6 is 11.8 Å². The van der Waals surface area contributed by atoms with Crippen molar-refractivity contribution in [2.75, 3.05) is 17.4 Å². The summed E-state index contributed by atoms with van der Waals surface area (Å²) in [5.74, 6) is 7.67. The molecule has 4 rings (SSSR count). The van der Waals surface area contributed by atoms with Gasteiger partial charge in [0.1, 0.15) is 5.70 Å². The summed E-state index contributed by atoms with van der Waals surface area (Å²) in [4.78, 5) is 19.3. The number of benzene rings is 2. The number of amides is 1. The van der Waals surface area contributed by atoms with Crippen LogP contribution in [0.25, 0.3) is 6.08 Å². The standard InChI is InChI=1S/C22H18N2O3S/c1-3-4-11-28-22-23-18(12-16-7-10-19-20(13-16)27-14-26-19)21(25)24(22)17-8-5-15(2)6-9-17/h5-10,12-13H,11,14H2,1-2H3. The Hall–Kier alpha value is -3.17. The van der Waals surface area contributed by atoms with Crippen LogP contribution in [-0.2, 0) is 4.79 Å². The lowest BCUT2D eigenvalue weighted by Gasteiger charge is -2.17. The first kappa shape index (κ1) is 18.2. The summed E-state index contributed by atoms with van der Waals surface area (Å²) in [5.41, 5.74) is 3.14. The summed E-state index contributed by atoms with van der Waals surface area (Å²) in [6.45, 7) is 4.03. The fourth-order valence-electron chi connectivity index (χ4n) is 2.85. The maximum atomic E-state index is 13.1. The van der Waals surface area contributed by atoms with Crippen LogP contribution in [0.15, 0.2) is 53.2 Å². The minimum Gasteiger partial charge on any atom is -0.454 e. The van der Waals surface area contributed by atoms with E-state index >= 15 is 0 Å². The SMILES string of the molecule is CC#CCSC1=NC(=Cc2ccc3c(c2)OCO3)C(=O)N1c1ccc(C)cc1. The van der Waals surface area contributed by atoms with Crippen LogP contribution in [0.1, 0.15) is 18.1 Å². The highest BCUT2D eigenvalue weighted by Gasteiger charge is 2.31. The van der Waals surface area contributed by atoms with E-state index in [9.17, 15) is 4.79 Å². The van der Waals surface area contributed by atoms with E-state index in [0.717, 1.165) is 16.8 Å². The second-order valence-corrected chi connectivity index (χ2v) is 7.17. The number of carbonyl (C=O) groups excluding carboxylic acids is 1. The Kier molecular flexibility index (Phi) is 5.09. The first-order chi connectivity index (χ1) is 13.7. The number of hydrogen-bond acceptors (Lipinski definition) is 5. The van der Waals surface area contributed by atoms with E-state index in [1.807, 2.05) is 49.4 Å². The summed E-state index contributed by atoms with van der Waals surface area (Å²) in [7, 11) is 0. The fourth-order valence-corrected chi connectivity index (χ4v) is 3.67. The van der Waals surface area contributed by atoms with Gasteiger partial charge < -0.3 is 9.47 Å². The van der Waals surface area contributed by atoms with Crippen LogP contribution < -0.4 is 14.4 Å². The molecule has 0 radical (unpaired) electrons. The van der Waals surface area contributed by atoms with Crippen LogP contribution in [-0.4, -0.2) is 23.6 Å². The van der Waals surface area contributed by atoms with Gasteiger partial charge in [0, 0.05) is 0 Å². The molecule has 2 aliphatic rings. The van der Waals surface area contributed by atoms with Crippen LogP contribution in [0, 0.1) is 18.8 Å². The minimum atomic E-state index is -0.159. The molecule has 0 atom stereocenters. The number of fused-ring (bicyclic) bond motifs is 1. The van der Waals surface area contributed by atoms with Crippen molar-refractivity contribution in [2.24, 2.45) is 4.99 Å². The summed E-state index contributed by atoms with van der Waals surface area (Å²) < 4.78 is 10.8. The lowest BCUT2D eigenvalue weighted by Crippen LogP contribution is -2.30. The lowest BCUT2D eigenvalue weighted by atomic mass is 10.1. The van der Waals surface area contributed by atoms with E-state index in [4.69, 9.17) is 9.47 Å². The van der Waals surface area contributed by atoms with E-state index in [2.05, 4.69) is 16.8 Å². The Labute approximate surface area is 168 Å². The van der Waals surface area contributed by atoms with Gasteiger partial charge in [-0.2, -0.15) is 0 Å². The molecule has 2 aromatic carbocycles. The molecule has 0 bridgehead atoms. The number of amidine groups is 1. The predicted molar refractivity (Wildman–Crippen MR) is 113 cm³/mol. The van der Waals surface area contributed by atoms with Crippen LogP contribution in [0.5, 0.6) is 11.5 Å². The van der Waals surface area contributed by atoms with Gasteiger partial charge in [-0.15, -0.1) is 5.92 Å². The van der Waals surface area contributed by atoms with Crippen LogP contribution in [0.4, 0.5) is 5.69 Å². The van der Waals surface area contributed by atoms with E-state index in [-0.39, 0.29) is 12.7 Å². The molecule has 0 aromatic heterocycles. The third kappa shape index (κ3) is 3.62.